The van der Waals surface area contributed by atoms with E-state index in [4.69, 9.17) is 21.1 Å². The van der Waals surface area contributed by atoms with Crippen molar-refractivity contribution in [1.82, 2.24) is 9.88 Å². The monoisotopic (exact) mass is 612 g/mol. The molecular formula is C32H41ClN4O4S. The number of aromatic nitrogens is 1. The Morgan fingerprint density at radius 3 is 2.57 bits per heavy atom. The van der Waals surface area contributed by atoms with Gasteiger partial charge in [-0.2, -0.15) is 0 Å². The van der Waals surface area contributed by atoms with Gasteiger partial charge in [0.15, 0.2) is 9.84 Å². The lowest BCUT2D eigenvalue weighted by Crippen LogP contribution is -2.35. The molecule has 1 saturated heterocycles. The Kier molecular flexibility index (Phi) is 9.32. The van der Waals surface area contributed by atoms with Gasteiger partial charge in [-0.05, 0) is 88.9 Å². The molecule has 0 aliphatic carbocycles. The maximum absolute atomic E-state index is 13.0. The minimum Gasteiger partial charge on any atom is -0.488 e. The predicted octanol–water partition coefficient (Wildman–Crippen LogP) is 6.86. The van der Waals surface area contributed by atoms with Gasteiger partial charge in [-0.25, -0.2) is 13.4 Å². The number of nitrogens with zero attached hydrogens (tertiary/aromatic N) is 2. The van der Waals surface area contributed by atoms with Gasteiger partial charge in [0.1, 0.15) is 17.7 Å². The fourth-order valence-electron chi connectivity index (χ4n) is 6.03. The summed E-state index contributed by atoms with van der Waals surface area (Å²) in [6, 6.07) is 10.8. The normalized spacial score (nSPS) is 17.7. The van der Waals surface area contributed by atoms with Crippen LogP contribution in [0.1, 0.15) is 56.2 Å². The van der Waals surface area contributed by atoms with Gasteiger partial charge in [0, 0.05) is 31.7 Å². The maximum Gasteiger partial charge on any atom is 0.182 e. The highest BCUT2D eigenvalue weighted by atomic mass is 35.5. The molecule has 0 unspecified atom stereocenters. The number of piperidine rings is 1. The molecule has 2 aromatic carbocycles. The van der Waals surface area contributed by atoms with Crippen LogP contribution < -0.4 is 15.4 Å². The summed E-state index contributed by atoms with van der Waals surface area (Å²) < 4.78 is 37.6. The van der Waals surface area contributed by atoms with Gasteiger partial charge >= 0.3 is 0 Å². The maximum atomic E-state index is 13.0. The molecule has 0 bridgehead atoms. The first-order valence-corrected chi connectivity index (χ1v) is 16.6. The average molecular weight is 613 g/mol. The summed E-state index contributed by atoms with van der Waals surface area (Å²) in [4.78, 5) is 7.24. The van der Waals surface area contributed by atoms with Crippen molar-refractivity contribution in [2.45, 2.75) is 69.1 Å². The van der Waals surface area contributed by atoms with Gasteiger partial charge in [-0.1, -0.05) is 23.7 Å². The van der Waals surface area contributed by atoms with Gasteiger partial charge in [-0.15, -0.1) is 0 Å². The molecule has 1 fully saturated rings. The number of hydrogen-bond donors (Lipinski definition) is 2. The van der Waals surface area contributed by atoms with E-state index in [9.17, 15) is 8.42 Å². The summed E-state index contributed by atoms with van der Waals surface area (Å²) in [5, 5.41) is 6.53. The second-order valence-corrected chi connectivity index (χ2v) is 14.5. The molecule has 2 N–H and O–H groups in total. The van der Waals surface area contributed by atoms with E-state index in [-0.39, 0.29) is 11.0 Å². The summed E-state index contributed by atoms with van der Waals surface area (Å²) in [5.41, 5.74) is 5.87. The van der Waals surface area contributed by atoms with Crippen molar-refractivity contribution < 1.29 is 17.9 Å². The number of anilines is 4. The number of halogens is 1. The van der Waals surface area contributed by atoms with Gasteiger partial charge in [-0.3, -0.25) is 0 Å². The number of fused-ring (bicyclic) bond motifs is 1. The fourth-order valence-corrected chi connectivity index (χ4v) is 7.39. The summed E-state index contributed by atoms with van der Waals surface area (Å²) in [6.45, 7) is 11.5. The topological polar surface area (TPSA) is 92.8 Å². The van der Waals surface area contributed by atoms with Crippen LogP contribution in [-0.2, 0) is 21.0 Å². The van der Waals surface area contributed by atoms with Crippen LogP contribution in [0.15, 0.2) is 47.5 Å². The number of para-hydroxylation sites is 1. The number of ether oxygens (including phenoxy) is 2. The molecule has 1 atom stereocenters. The van der Waals surface area contributed by atoms with Crippen molar-refractivity contribution in [3.8, 4) is 5.75 Å². The van der Waals surface area contributed by atoms with Crippen LogP contribution in [0.3, 0.4) is 0 Å². The lowest BCUT2D eigenvalue weighted by Gasteiger charge is -2.33. The first-order valence-electron chi connectivity index (χ1n) is 14.6. The highest BCUT2D eigenvalue weighted by Gasteiger charge is 2.32. The minimum atomic E-state index is -3.50. The minimum absolute atomic E-state index is 0.0951. The van der Waals surface area contributed by atoms with E-state index >= 15 is 0 Å². The largest absolute Gasteiger partial charge is 0.488 e. The lowest BCUT2D eigenvalue weighted by atomic mass is 9.82. The summed E-state index contributed by atoms with van der Waals surface area (Å²) in [6.07, 6.45) is 4.79. The van der Waals surface area contributed by atoms with E-state index in [0.717, 1.165) is 56.9 Å². The van der Waals surface area contributed by atoms with E-state index < -0.39 is 15.1 Å². The molecule has 0 saturated carbocycles. The molecule has 1 aromatic heterocycles. The molecule has 5 rings (SSSR count). The Morgan fingerprint density at radius 1 is 1.12 bits per heavy atom. The van der Waals surface area contributed by atoms with Crippen LogP contribution in [0, 0.1) is 6.92 Å². The fraction of sp³-hybridized carbons (Fsp3) is 0.469. The van der Waals surface area contributed by atoms with Crippen LogP contribution in [0.5, 0.6) is 5.75 Å². The van der Waals surface area contributed by atoms with Crippen molar-refractivity contribution in [2.24, 2.45) is 0 Å². The van der Waals surface area contributed by atoms with Crippen molar-refractivity contribution in [3.05, 3.63) is 64.3 Å². The van der Waals surface area contributed by atoms with E-state index in [2.05, 4.69) is 40.4 Å². The molecular weight excluding hydrogens is 572 g/mol. The van der Waals surface area contributed by atoms with Crippen LogP contribution in [0.2, 0.25) is 5.02 Å². The van der Waals surface area contributed by atoms with Gasteiger partial charge in [0.25, 0.3) is 0 Å². The number of methoxy groups -OCH3 is 1. The predicted molar refractivity (Wildman–Crippen MR) is 170 cm³/mol. The highest BCUT2D eigenvalue weighted by molar-refractivity contribution is 7.92. The third kappa shape index (κ3) is 6.39. The summed E-state index contributed by atoms with van der Waals surface area (Å²) in [5.74, 6) is 1.98. The van der Waals surface area contributed by atoms with Crippen molar-refractivity contribution in [1.29, 1.82) is 0 Å². The highest BCUT2D eigenvalue weighted by Crippen LogP contribution is 2.46. The number of nitrogens with one attached hydrogen (secondary N) is 2. The van der Waals surface area contributed by atoms with Crippen LogP contribution in [0.25, 0.3) is 0 Å². The number of benzene rings is 2. The molecule has 0 amide bonds. The number of pyridine rings is 1. The Labute approximate surface area is 254 Å². The molecule has 10 heteroatoms. The molecule has 8 nitrogen and oxygen atoms in total. The van der Waals surface area contributed by atoms with Crippen LogP contribution in [-0.4, -0.2) is 63.0 Å². The molecule has 226 valence electrons. The third-order valence-electron chi connectivity index (χ3n) is 8.25. The zero-order valence-corrected chi connectivity index (χ0v) is 26.6. The first kappa shape index (κ1) is 30.6. The van der Waals surface area contributed by atoms with Gasteiger partial charge < -0.3 is 25.0 Å². The number of likely N-dealkylation sites (tertiary alicyclic amines) is 1. The lowest BCUT2D eigenvalue weighted by molar-refractivity contribution is 0.130. The standard InChI is InChI=1S/C32H41ClN4O4S/c1-20(2)42(38,39)29-9-7-6-8-26(29)35-27-18-30(34-19-25(27)33)36-28-16-21(3)31(24-17-22(4)41-32(24)28)23-10-12-37(13-11-23)14-15-40-5/h6-9,16,18-20,22-23H,10-15,17H2,1-5H3,(H2,34,35,36)/t22-/m1/s1. The van der Waals surface area contributed by atoms with Crippen LogP contribution in [0.4, 0.5) is 22.9 Å². The second kappa shape index (κ2) is 12.8. The van der Waals surface area contributed by atoms with Crippen molar-refractivity contribution in [3.63, 3.8) is 0 Å². The molecule has 0 radical (unpaired) electrons. The SMILES string of the molecule is COCCN1CCC(c2c(C)cc(Nc3cc(Nc4ccccc4S(=O)(=O)C(C)C)c(Cl)cn3)c3c2C[C@@H](C)O3)CC1. The van der Waals surface area contributed by atoms with E-state index in [1.165, 1.54) is 16.7 Å². The number of hydrogen-bond acceptors (Lipinski definition) is 8. The van der Waals surface area contributed by atoms with E-state index in [1.807, 2.05) is 0 Å². The molecule has 42 heavy (non-hydrogen) atoms. The zero-order chi connectivity index (χ0) is 30.0. The van der Waals surface area contributed by atoms with Crippen LogP contribution >= 0.6 is 11.6 Å². The van der Waals surface area contributed by atoms with E-state index in [1.54, 1.807) is 57.5 Å². The Morgan fingerprint density at radius 2 is 1.86 bits per heavy atom. The Bertz CT molecular complexity index is 1540. The van der Waals surface area contributed by atoms with Gasteiger partial charge in [0.05, 0.1) is 45.0 Å². The Balaban J connectivity index is 1.41. The molecule has 3 heterocycles. The van der Waals surface area contributed by atoms with Crippen molar-refractivity contribution in [2.75, 3.05) is 44.0 Å². The summed E-state index contributed by atoms with van der Waals surface area (Å²) in [7, 11) is -1.74. The quantitative estimate of drug-likeness (QED) is 0.256. The zero-order valence-electron chi connectivity index (χ0n) is 25.0. The molecule has 2 aliphatic heterocycles. The number of rotatable bonds is 10. The summed E-state index contributed by atoms with van der Waals surface area (Å²) >= 11 is 6.52. The molecule has 3 aromatic rings. The third-order valence-corrected chi connectivity index (χ3v) is 10.8. The molecule has 0 spiro atoms. The van der Waals surface area contributed by atoms with E-state index in [0.29, 0.717) is 28.1 Å². The average Bonchev–Trinajstić information content (AvgIpc) is 3.35. The van der Waals surface area contributed by atoms with Gasteiger partial charge in [0.2, 0.25) is 0 Å². The van der Waals surface area contributed by atoms with Crippen molar-refractivity contribution >= 4 is 44.3 Å². The number of sulfone groups is 1. The number of aryl methyl sites for hydroxylation is 1. The second-order valence-electron chi connectivity index (χ2n) is 11.6. The smallest absolute Gasteiger partial charge is 0.182 e. The molecule has 2 aliphatic rings. The first-order chi connectivity index (χ1) is 20.1. The Hall–Kier alpha value is -2.85.